The normalized spacial score (nSPS) is 13.0. The van der Waals surface area contributed by atoms with Gasteiger partial charge in [-0.3, -0.25) is 14.6 Å². The van der Waals surface area contributed by atoms with Crippen molar-refractivity contribution in [2.75, 3.05) is 10.6 Å². The number of carbonyl (C=O) groups excluding carboxylic acids is 2. The lowest BCUT2D eigenvalue weighted by Crippen LogP contribution is -2.15. The van der Waals surface area contributed by atoms with Crippen molar-refractivity contribution in [1.29, 1.82) is 0 Å². The van der Waals surface area contributed by atoms with Gasteiger partial charge in [-0.2, -0.15) is 0 Å². The highest BCUT2D eigenvalue weighted by molar-refractivity contribution is 6.03. The van der Waals surface area contributed by atoms with Gasteiger partial charge in [-0.15, -0.1) is 0 Å². The molecule has 3 aromatic heterocycles. The van der Waals surface area contributed by atoms with Crippen LogP contribution >= 0.6 is 0 Å². The summed E-state index contributed by atoms with van der Waals surface area (Å²) in [5, 5.41) is 5.70. The Morgan fingerprint density at radius 2 is 1.91 bits per heavy atom. The van der Waals surface area contributed by atoms with Crippen LogP contribution < -0.4 is 15.4 Å². The highest BCUT2D eigenvalue weighted by Gasteiger charge is 2.30. The highest BCUT2D eigenvalue weighted by atomic mass is 16.5. The Bertz CT molecular complexity index is 1330. The Labute approximate surface area is 184 Å². The van der Waals surface area contributed by atoms with Crippen molar-refractivity contribution in [2.24, 2.45) is 5.92 Å². The molecule has 0 radical (unpaired) electrons. The molecule has 2 N–H and O–H groups in total. The van der Waals surface area contributed by atoms with Crippen molar-refractivity contribution in [2.45, 2.75) is 19.8 Å². The van der Waals surface area contributed by atoms with Crippen LogP contribution in [0.2, 0.25) is 0 Å². The van der Waals surface area contributed by atoms with Crippen molar-refractivity contribution in [3.63, 3.8) is 0 Å². The maximum Gasteiger partial charge on any atom is 0.274 e. The fraction of sp³-hybridized carbons (Fsp3) is 0.167. The number of imidazole rings is 1. The molecule has 1 aliphatic rings. The molecule has 8 nitrogen and oxygen atoms in total. The second-order valence-electron chi connectivity index (χ2n) is 7.77. The van der Waals surface area contributed by atoms with Crippen LogP contribution in [-0.4, -0.2) is 26.2 Å². The quantitative estimate of drug-likeness (QED) is 0.474. The number of benzene rings is 1. The van der Waals surface area contributed by atoms with E-state index in [4.69, 9.17) is 4.74 Å². The molecule has 0 saturated heterocycles. The molecule has 2 amide bonds. The number of aromatic nitrogens is 3. The second kappa shape index (κ2) is 8.14. The van der Waals surface area contributed by atoms with E-state index in [-0.39, 0.29) is 17.7 Å². The van der Waals surface area contributed by atoms with Gasteiger partial charge in [0.25, 0.3) is 5.91 Å². The van der Waals surface area contributed by atoms with Gasteiger partial charge in [0.05, 0.1) is 12.4 Å². The molecule has 0 unspecified atom stereocenters. The number of amides is 2. The lowest BCUT2D eigenvalue weighted by Gasteiger charge is -2.10. The minimum Gasteiger partial charge on any atom is -0.456 e. The van der Waals surface area contributed by atoms with E-state index >= 15 is 0 Å². The van der Waals surface area contributed by atoms with Gasteiger partial charge in [0.15, 0.2) is 5.82 Å². The fourth-order valence-electron chi connectivity index (χ4n) is 3.35. The van der Waals surface area contributed by atoms with E-state index < -0.39 is 0 Å². The number of pyridine rings is 2. The van der Waals surface area contributed by atoms with Crippen LogP contribution in [0.15, 0.2) is 67.1 Å². The molecule has 3 heterocycles. The number of aryl methyl sites for hydroxylation is 1. The first kappa shape index (κ1) is 19.7. The number of nitrogens with one attached hydrogen (secondary N) is 2. The molecule has 1 aromatic carbocycles. The van der Waals surface area contributed by atoms with Gasteiger partial charge in [-0.1, -0.05) is 12.1 Å². The van der Waals surface area contributed by atoms with Crippen LogP contribution in [-0.2, 0) is 4.79 Å². The Hall–Kier alpha value is -4.20. The van der Waals surface area contributed by atoms with E-state index in [1.165, 1.54) is 0 Å². The minimum absolute atomic E-state index is 0.0182. The number of rotatable bonds is 6. The minimum atomic E-state index is -0.277. The molecule has 0 spiro atoms. The number of fused-ring (bicyclic) bond motifs is 1. The number of anilines is 2. The fourth-order valence-corrected chi connectivity index (χ4v) is 3.35. The standard InChI is InChI=1S/C24H21N5O3/c1-15-4-3-11-25-22(15)24(31)26-17-5-2-6-18(12-17)32-19-9-10-21-27-20(14-29(21)13-19)28-23(30)16-7-8-16/h2-6,9-14,16H,7-8H2,1H3,(H,26,31)(H,28,30). The van der Waals surface area contributed by atoms with Crippen LogP contribution in [0.25, 0.3) is 5.65 Å². The summed E-state index contributed by atoms with van der Waals surface area (Å²) < 4.78 is 7.77. The third kappa shape index (κ3) is 4.29. The summed E-state index contributed by atoms with van der Waals surface area (Å²) in [5.74, 6) is 1.55. The molecule has 0 bridgehead atoms. The second-order valence-corrected chi connectivity index (χ2v) is 7.77. The van der Waals surface area contributed by atoms with E-state index in [1.54, 1.807) is 59.4 Å². The summed E-state index contributed by atoms with van der Waals surface area (Å²) in [7, 11) is 0. The summed E-state index contributed by atoms with van der Waals surface area (Å²) in [6.45, 7) is 1.84. The monoisotopic (exact) mass is 427 g/mol. The molecule has 0 aliphatic heterocycles. The largest absolute Gasteiger partial charge is 0.456 e. The van der Waals surface area contributed by atoms with Crippen molar-refractivity contribution in [1.82, 2.24) is 14.4 Å². The van der Waals surface area contributed by atoms with Gasteiger partial charge >= 0.3 is 0 Å². The van der Waals surface area contributed by atoms with Crippen LogP contribution in [0.4, 0.5) is 11.5 Å². The van der Waals surface area contributed by atoms with E-state index in [2.05, 4.69) is 20.6 Å². The lowest BCUT2D eigenvalue weighted by atomic mass is 10.2. The lowest BCUT2D eigenvalue weighted by molar-refractivity contribution is -0.117. The first-order chi connectivity index (χ1) is 15.5. The average molecular weight is 427 g/mol. The molecule has 8 heteroatoms. The Morgan fingerprint density at radius 3 is 2.72 bits per heavy atom. The van der Waals surface area contributed by atoms with Gasteiger partial charge in [0, 0.05) is 23.9 Å². The zero-order valence-electron chi connectivity index (χ0n) is 17.4. The van der Waals surface area contributed by atoms with Crippen molar-refractivity contribution >= 4 is 29.0 Å². The number of ether oxygens (including phenoxy) is 1. The predicted molar refractivity (Wildman–Crippen MR) is 120 cm³/mol. The first-order valence-corrected chi connectivity index (χ1v) is 10.4. The van der Waals surface area contributed by atoms with Gasteiger partial charge in [0.1, 0.15) is 22.8 Å². The van der Waals surface area contributed by atoms with Crippen LogP contribution in [0.1, 0.15) is 28.9 Å². The van der Waals surface area contributed by atoms with E-state index in [9.17, 15) is 9.59 Å². The molecular weight excluding hydrogens is 406 g/mol. The molecule has 4 aromatic rings. The Morgan fingerprint density at radius 1 is 1.03 bits per heavy atom. The molecule has 0 atom stereocenters. The molecule has 32 heavy (non-hydrogen) atoms. The smallest absolute Gasteiger partial charge is 0.274 e. The average Bonchev–Trinajstić information content (AvgIpc) is 3.55. The molecule has 1 aliphatic carbocycles. The third-order valence-corrected chi connectivity index (χ3v) is 5.18. The Kier molecular flexibility index (Phi) is 5.03. The zero-order valence-corrected chi connectivity index (χ0v) is 17.4. The van der Waals surface area contributed by atoms with Crippen molar-refractivity contribution in [3.8, 4) is 11.5 Å². The molecule has 160 valence electrons. The van der Waals surface area contributed by atoms with Gasteiger partial charge in [-0.25, -0.2) is 4.98 Å². The summed E-state index contributed by atoms with van der Waals surface area (Å²) in [4.78, 5) is 33.0. The van der Waals surface area contributed by atoms with E-state index in [0.717, 1.165) is 18.4 Å². The van der Waals surface area contributed by atoms with Crippen LogP contribution in [0.3, 0.4) is 0 Å². The van der Waals surface area contributed by atoms with E-state index in [1.807, 2.05) is 19.1 Å². The Balaban J connectivity index is 1.30. The number of hydrogen-bond donors (Lipinski definition) is 2. The maximum absolute atomic E-state index is 12.5. The number of carbonyl (C=O) groups is 2. The third-order valence-electron chi connectivity index (χ3n) is 5.18. The molecule has 1 fully saturated rings. The maximum atomic E-state index is 12.5. The summed E-state index contributed by atoms with van der Waals surface area (Å²) in [6, 6.07) is 14.4. The summed E-state index contributed by atoms with van der Waals surface area (Å²) in [5.41, 5.74) is 2.49. The highest BCUT2D eigenvalue weighted by Crippen LogP contribution is 2.30. The van der Waals surface area contributed by atoms with Crippen molar-refractivity contribution < 1.29 is 14.3 Å². The van der Waals surface area contributed by atoms with Gasteiger partial charge in [0.2, 0.25) is 5.91 Å². The first-order valence-electron chi connectivity index (χ1n) is 10.4. The zero-order chi connectivity index (χ0) is 22.1. The molecule has 5 rings (SSSR count). The van der Waals surface area contributed by atoms with Gasteiger partial charge < -0.3 is 19.8 Å². The molecule has 1 saturated carbocycles. The van der Waals surface area contributed by atoms with Gasteiger partial charge in [-0.05, 0) is 55.7 Å². The van der Waals surface area contributed by atoms with Crippen LogP contribution in [0.5, 0.6) is 11.5 Å². The number of hydrogen-bond acceptors (Lipinski definition) is 5. The molecular formula is C24H21N5O3. The van der Waals surface area contributed by atoms with Crippen molar-refractivity contribution in [3.05, 3.63) is 78.4 Å². The SMILES string of the molecule is Cc1cccnc1C(=O)Nc1cccc(Oc2ccc3nc(NC(=O)C4CC4)cn3c2)c1. The van der Waals surface area contributed by atoms with E-state index in [0.29, 0.717) is 34.3 Å². The van der Waals surface area contributed by atoms with Crippen LogP contribution in [0, 0.1) is 12.8 Å². The summed E-state index contributed by atoms with van der Waals surface area (Å²) >= 11 is 0. The number of nitrogens with zero attached hydrogens (tertiary/aromatic N) is 3. The summed E-state index contributed by atoms with van der Waals surface area (Å²) in [6.07, 6.45) is 7.03. The topological polar surface area (TPSA) is 97.6 Å². The predicted octanol–water partition coefficient (Wildman–Crippen LogP) is 4.43.